The third kappa shape index (κ3) is 8.40. The predicted molar refractivity (Wildman–Crippen MR) is 136 cm³/mol. The summed E-state index contributed by atoms with van der Waals surface area (Å²) in [5.41, 5.74) is 2.14. The van der Waals surface area contributed by atoms with Gasteiger partial charge in [-0.2, -0.15) is 0 Å². The molecule has 0 radical (unpaired) electrons. The van der Waals surface area contributed by atoms with Crippen LogP contribution in [0.5, 0.6) is 11.5 Å². The Bertz CT molecular complexity index is 901. The van der Waals surface area contributed by atoms with Crippen LogP contribution in [0.15, 0.2) is 48.5 Å². The first-order valence-corrected chi connectivity index (χ1v) is 12.4. The lowest BCUT2D eigenvalue weighted by Gasteiger charge is -2.29. The van der Waals surface area contributed by atoms with E-state index in [-0.39, 0.29) is 17.9 Å². The Balaban J connectivity index is 2.11. The summed E-state index contributed by atoms with van der Waals surface area (Å²) >= 11 is 0. The van der Waals surface area contributed by atoms with Gasteiger partial charge in [0.25, 0.3) is 0 Å². The maximum absolute atomic E-state index is 13.3. The molecule has 2 aromatic rings. The number of aryl methyl sites for hydroxylation is 1. The minimum Gasteiger partial charge on any atom is -0.490 e. The van der Waals surface area contributed by atoms with Gasteiger partial charge in [0, 0.05) is 19.0 Å². The molecule has 2 amide bonds. The molecule has 1 N–H and O–H groups in total. The Labute approximate surface area is 204 Å². The highest BCUT2D eigenvalue weighted by Gasteiger charge is 2.26. The number of hydrogen-bond donors (Lipinski definition) is 1. The van der Waals surface area contributed by atoms with E-state index in [1.807, 2.05) is 83.1 Å². The molecule has 186 valence electrons. The molecule has 0 bridgehead atoms. The summed E-state index contributed by atoms with van der Waals surface area (Å²) in [7, 11) is 0. The van der Waals surface area contributed by atoms with Crippen molar-refractivity contribution in [3.05, 3.63) is 59.7 Å². The van der Waals surface area contributed by atoms with Crippen molar-refractivity contribution in [1.29, 1.82) is 0 Å². The number of hydrogen-bond acceptors (Lipinski definition) is 4. The van der Waals surface area contributed by atoms with Gasteiger partial charge >= 0.3 is 0 Å². The van der Waals surface area contributed by atoms with Crippen LogP contribution in [-0.2, 0) is 22.4 Å². The first kappa shape index (κ1) is 27.2. The van der Waals surface area contributed by atoms with Crippen LogP contribution in [0.25, 0.3) is 0 Å². The van der Waals surface area contributed by atoms with Gasteiger partial charge in [0.2, 0.25) is 11.8 Å². The second-order valence-corrected chi connectivity index (χ2v) is 8.46. The second-order valence-electron chi connectivity index (χ2n) is 8.46. The predicted octanol–water partition coefficient (Wildman–Crippen LogP) is 4.79. The quantitative estimate of drug-likeness (QED) is 0.433. The van der Waals surface area contributed by atoms with Crippen molar-refractivity contribution in [2.45, 2.75) is 72.4 Å². The van der Waals surface area contributed by atoms with Crippen LogP contribution in [0.3, 0.4) is 0 Å². The highest BCUT2D eigenvalue weighted by Crippen LogP contribution is 2.29. The molecule has 2 atom stereocenters. The minimum atomic E-state index is -0.537. The molecule has 0 aliphatic heterocycles. The van der Waals surface area contributed by atoms with E-state index in [2.05, 4.69) is 5.32 Å². The fraction of sp³-hybridized carbons (Fsp3) is 0.500. The number of nitrogens with zero attached hydrogens (tertiary/aromatic N) is 1. The van der Waals surface area contributed by atoms with Crippen LogP contribution in [0.2, 0.25) is 0 Å². The first-order chi connectivity index (χ1) is 16.4. The minimum absolute atomic E-state index is 0.0328. The van der Waals surface area contributed by atoms with Crippen molar-refractivity contribution in [2.24, 2.45) is 0 Å². The van der Waals surface area contributed by atoms with Crippen LogP contribution in [0, 0.1) is 0 Å². The van der Waals surface area contributed by atoms with Crippen molar-refractivity contribution in [2.75, 3.05) is 19.8 Å². The van der Waals surface area contributed by atoms with E-state index < -0.39 is 6.04 Å². The smallest absolute Gasteiger partial charge is 0.242 e. The van der Waals surface area contributed by atoms with Gasteiger partial charge in [-0.25, -0.2) is 0 Å². The lowest BCUT2D eigenvalue weighted by atomic mass is 10.1. The van der Waals surface area contributed by atoms with Crippen LogP contribution >= 0.6 is 0 Å². The molecule has 0 fully saturated rings. The summed E-state index contributed by atoms with van der Waals surface area (Å²) in [4.78, 5) is 27.8. The van der Waals surface area contributed by atoms with Crippen LogP contribution in [-0.4, -0.2) is 48.6 Å². The second kappa shape index (κ2) is 14.3. The van der Waals surface area contributed by atoms with Crippen LogP contribution < -0.4 is 14.8 Å². The van der Waals surface area contributed by atoms with Crippen LogP contribution in [0.1, 0.15) is 58.6 Å². The number of carbonyl (C=O) groups excluding carboxylic acids is 2. The number of ether oxygens (including phenoxy) is 2. The van der Waals surface area contributed by atoms with Gasteiger partial charge in [0.1, 0.15) is 6.04 Å². The van der Waals surface area contributed by atoms with E-state index in [1.54, 1.807) is 4.90 Å². The van der Waals surface area contributed by atoms with E-state index in [4.69, 9.17) is 9.47 Å². The lowest BCUT2D eigenvalue weighted by Crippen LogP contribution is -2.50. The van der Waals surface area contributed by atoms with E-state index in [0.29, 0.717) is 50.5 Å². The molecule has 6 nitrogen and oxygen atoms in total. The summed E-state index contributed by atoms with van der Waals surface area (Å²) in [5.74, 6) is 1.25. The first-order valence-electron chi connectivity index (χ1n) is 12.4. The zero-order valence-corrected chi connectivity index (χ0v) is 21.3. The number of carbonyl (C=O) groups is 2. The fourth-order valence-electron chi connectivity index (χ4n) is 3.68. The third-order valence-corrected chi connectivity index (χ3v) is 5.89. The molecule has 0 aliphatic carbocycles. The van der Waals surface area contributed by atoms with E-state index in [9.17, 15) is 9.59 Å². The lowest BCUT2D eigenvalue weighted by molar-refractivity contribution is -0.140. The fourth-order valence-corrected chi connectivity index (χ4v) is 3.68. The Hall–Kier alpha value is -3.02. The third-order valence-electron chi connectivity index (χ3n) is 5.89. The Morgan fingerprint density at radius 2 is 1.56 bits per heavy atom. The van der Waals surface area contributed by atoms with Crippen molar-refractivity contribution in [3.8, 4) is 11.5 Å². The molecule has 34 heavy (non-hydrogen) atoms. The number of amides is 2. The molecule has 0 unspecified atom stereocenters. The largest absolute Gasteiger partial charge is 0.490 e. The average Bonchev–Trinajstić information content (AvgIpc) is 2.84. The zero-order valence-electron chi connectivity index (χ0n) is 21.3. The normalized spacial score (nSPS) is 12.5. The van der Waals surface area contributed by atoms with Gasteiger partial charge in [-0.05, 0) is 70.2 Å². The van der Waals surface area contributed by atoms with Crippen molar-refractivity contribution >= 4 is 11.8 Å². The van der Waals surface area contributed by atoms with Crippen molar-refractivity contribution in [3.63, 3.8) is 0 Å². The summed E-state index contributed by atoms with van der Waals surface area (Å²) < 4.78 is 11.4. The summed E-state index contributed by atoms with van der Waals surface area (Å²) in [5, 5.41) is 3.01. The van der Waals surface area contributed by atoms with Gasteiger partial charge in [-0.1, -0.05) is 43.3 Å². The Kier molecular flexibility index (Phi) is 11.4. The van der Waals surface area contributed by atoms with E-state index >= 15 is 0 Å². The SMILES string of the molecule is CCOc1ccc(CCC(=O)N(CCc2ccccc2)[C@H](C)C(=O)N[C@H](C)CC)cc1OCC. The molecule has 0 aromatic heterocycles. The molecule has 0 saturated carbocycles. The summed E-state index contributed by atoms with van der Waals surface area (Å²) in [6.45, 7) is 11.3. The maximum atomic E-state index is 13.3. The van der Waals surface area contributed by atoms with E-state index in [0.717, 1.165) is 17.5 Å². The van der Waals surface area contributed by atoms with Gasteiger partial charge in [0.05, 0.1) is 13.2 Å². The van der Waals surface area contributed by atoms with Crippen molar-refractivity contribution in [1.82, 2.24) is 10.2 Å². The zero-order chi connectivity index (χ0) is 24.9. The Morgan fingerprint density at radius 3 is 2.21 bits per heavy atom. The standard InChI is InChI=1S/C28H40N2O4/c1-6-21(4)29-28(32)22(5)30(19-18-23-12-10-9-11-13-23)27(31)17-15-24-14-16-25(33-7-2)26(20-24)34-8-3/h9-14,16,20-22H,6-8,15,17-19H2,1-5H3,(H,29,32)/t21-,22-/m1/s1. The molecule has 0 spiro atoms. The number of nitrogens with one attached hydrogen (secondary N) is 1. The Morgan fingerprint density at radius 1 is 0.882 bits per heavy atom. The highest BCUT2D eigenvalue weighted by atomic mass is 16.5. The molecule has 2 rings (SSSR count). The molecular weight excluding hydrogens is 428 g/mol. The molecule has 2 aromatic carbocycles. The van der Waals surface area contributed by atoms with Gasteiger partial charge in [-0.3, -0.25) is 9.59 Å². The van der Waals surface area contributed by atoms with Crippen LogP contribution in [0.4, 0.5) is 0 Å². The monoisotopic (exact) mass is 468 g/mol. The molecular formula is C28H40N2O4. The maximum Gasteiger partial charge on any atom is 0.242 e. The van der Waals surface area contributed by atoms with Crippen molar-refractivity contribution < 1.29 is 19.1 Å². The summed E-state index contributed by atoms with van der Waals surface area (Å²) in [6, 6.07) is 15.4. The average molecular weight is 469 g/mol. The van der Waals surface area contributed by atoms with Gasteiger partial charge in [-0.15, -0.1) is 0 Å². The molecule has 6 heteroatoms. The topological polar surface area (TPSA) is 67.9 Å². The molecule has 0 heterocycles. The van der Waals surface area contributed by atoms with Gasteiger partial charge in [0.15, 0.2) is 11.5 Å². The number of benzene rings is 2. The van der Waals surface area contributed by atoms with Gasteiger partial charge < -0.3 is 19.7 Å². The highest BCUT2D eigenvalue weighted by molar-refractivity contribution is 5.87. The molecule has 0 aliphatic rings. The molecule has 0 saturated heterocycles. The summed E-state index contributed by atoms with van der Waals surface area (Å²) in [6.07, 6.45) is 2.42. The number of rotatable bonds is 14. The van der Waals surface area contributed by atoms with E-state index in [1.165, 1.54) is 0 Å².